The molecule has 0 spiro atoms. The van der Waals surface area contributed by atoms with E-state index >= 15 is 0 Å². The maximum Gasteiger partial charge on any atom is 0.328 e. The number of rotatable bonds is 5. The Balaban J connectivity index is 2.10. The fourth-order valence-corrected chi connectivity index (χ4v) is 2.73. The smallest absolute Gasteiger partial charge is 0.328 e. The lowest BCUT2D eigenvalue weighted by Gasteiger charge is -2.37. The van der Waals surface area contributed by atoms with Crippen molar-refractivity contribution in [2.75, 3.05) is 33.4 Å². The van der Waals surface area contributed by atoms with Crippen molar-refractivity contribution >= 4 is 5.91 Å². The molecule has 8 heteroatoms. The molecule has 0 aliphatic carbocycles. The van der Waals surface area contributed by atoms with Gasteiger partial charge in [0.25, 0.3) is 11.5 Å². The van der Waals surface area contributed by atoms with Gasteiger partial charge in [-0.15, -0.1) is 0 Å². The van der Waals surface area contributed by atoms with Crippen LogP contribution in [0.25, 0.3) is 0 Å². The van der Waals surface area contributed by atoms with Gasteiger partial charge in [0.2, 0.25) is 0 Å². The molecule has 0 aromatic carbocycles. The monoisotopic (exact) mass is 310 g/mol. The minimum absolute atomic E-state index is 0.0661. The number of aromatic nitrogens is 2. The number of nitrogens with zero attached hydrogens (tertiary/aromatic N) is 1. The summed E-state index contributed by atoms with van der Waals surface area (Å²) in [6.07, 6.45) is 2.95. The van der Waals surface area contributed by atoms with Crippen molar-refractivity contribution in [1.29, 1.82) is 0 Å². The largest absolute Gasteiger partial charge is 0.384 e. The zero-order valence-electron chi connectivity index (χ0n) is 12.9. The molecule has 2 rings (SSSR count). The summed E-state index contributed by atoms with van der Waals surface area (Å²) in [6.45, 7) is 2.74. The molecule has 0 radical (unpaired) electrons. The summed E-state index contributed by atoms with van der Waals surface area (Å²) in [6, 6.07) is 0. The van der Waals surface area contributed by atoms with Crippen molar-refractivity contribution in [2.45, 2.75) is 12.8 Å². The number of hydrogen-bond acceptors (Lipinski definition) is 5. The van der Waals surface area contributed by atoms with E-state index in [-0.39, 0.29) is 11.0 Å². The lowest BCUT2D eigenvalue weighted by molar-refractivity contribution is 0.0511. The third kappa shape index (κ3) is 3.45. The number of carbonyl (C=O) groups is 1. The molecule has 1 aromatic rings. The molecule has 1 saturated heterocycles. The van der Waals surface area contributed by atoms with Gasteiger partial charge in [-0.05, 0) is 25.9 Å². The van der Waals surface area contributed by atoms with Crippen LogP contribution in [0, 0.1) is 5.41 Å². The first-order valence-corrected chi connectivity index (χ1v) is 7.26. The standard InChI is InChI=1S/C14H22N4O4/c1-18-12(20)10(7-16-13(18)21)11(19)17-8-14(9-22-2)3-5-15-6-4-14/h7,15H,3-6,8-9H2,1-2H3,(H,16,21)(H,17,19). The van der Waals surface area contributed by atoms with Crippen molar-refractivity contribution in [1.82, 2.24) is 20.2 Å². The maximum absolute atomic E-state index is 12.2. The second-order valence-corrected chi connectivity index (χ2v) is 5.74. The highest BCUT2D eigenvalue weighted by atomic mass is 16.5. The summed E-state index contributed by atoms with van der Waals surface area (Å²) in [5.74, 6) is -0.481. The van der Waals surface area contributed by atoms with Gasteiger partial charge >= 0.3 is 5.69 Å². The first-order valence-electron chi connectivity index (χ1n) is 7.26. The van der Waals surface area contributed by atoms with Gasteiger partial charge in [0.15, 0.2) is 0 Å². The fraction of sp³-hybridized carbons (Fsp3) is 0.643. The van der Waals surface area contributed by atoms with Crippen LogP contribution in [0.2, 0.25) is 0 Å². The zero-order chi connectivity index (χ0) is 16.2. The van der Waals surface area contributed by atoms with E-state index in [9.17, 15) is 14.4 Å². The molecular formula is C14H22N4O4. The number of methoxy groups -OCH3 is 1. The molecule has 2 heterocycles. The Labute approximate surface area is 127 Å². The predicted octanol–water partition coefficient (Wildman–Crippen LogP) is -1.18. The molecule has 3 N–H and O–H groups in total. The maximum atomic E-state index is 12.2. The Hall–Kier alpha value is -1.93. The van der Waals surface area contributed by atoms with E-state index in [4.69, 9.17) is 4.74 Å². The predicted molar refractivity (Wildman–Crippen MR) is 81.0 cm³/mol. The number of carbonyl (C=O) groups excluding carboxylic acids is 1. The number of ether oxygens (including phenoxy) is 1. The molecule has 0 atom stereocenters. The van der Waals surface area contributed by atoms with E-state index < -0.39 is 17.2 Å². The van der Waals surface area contributed by atoms with Crippen molar-refractivity contribution in [3.05, 3.63) is 32.6 Å². The third-order valence-electron chi connectivity index (χ3n) is 4.16. The number of piperidine rings is 1. The molecule has 0 bridgehead atoms. The third-order valence-corrected chi connectivity index (χ3v) is 4.16. The van der Waals surface area contributed by atoms with E-state index in [0.29, 0.717) is 13.2 Å². The van der Waals surface area contributed by atoms with Gasteiger partial charge in [-0.3, -0.25) is 14.2 Å². The van der Waals surface area contributed by atoms with Crippen LogP contribution in [-0.2, 0) is 11.8 Å². The van der Waals surface area contributed by atoms with Crippen molar-refractivity contribution in [3.63, 3.8) is 0 Å². The number of H-pyrrole nitrogens is 1. The minimum atomic E-state index is -0.604. The molecule has 1 aromatic heterocycles. The van der Waals surface area contributed by atoms with Gasteiger partial charge in [0, 0.05) is 32.3 Å². The molecule has 1 aliphatic heterocycles. The molecule has 1 amide bonds. The van der Waals surface area contributed by atoms with Gasteiger partial charge in [0.05, 0.1) is 6.61 Å². The van der Waals surface area contributed by atoms with E-state index in [1.165, 1.54) is 7.05 Å². The van der Waals surface area contributed by atoms with Crippen LogP contribution >= 0.6 is 0 Å². The molecule has 0 unspecified atom stereocenters. The summed E-state index contributed by atoms with van der Waals surface area (Å²) >= 11 is 0. The van der Waals surface area contributed by atoms with Gasteiger partial charge < -0.3 is 20.4 Å². The quantitative estimate of drug-likeness (QED) is 0.635. The first kappa shape index (κ1) is 16.4. The summed E-state index contributed by atoms with van der Waals surface area (Å²) < 4.78 is 6.17. The number of amides is 1. The summed E-state index contributed by atoms with van der Waals surface area (Å²) in [4.78, 5) is 37.8. The van der Waals surface area contributed by atoms with Crippen molar-refractivity contribution in [2.24, 2.45) is 12.5 Å². The van der Waals surface area contributed by atoms with E-state index in [1.54, 1.807) is 7.11 Å². The first-order chi connectivity index (χ1) is 10.5. The summed E-state index contributed by atoms with van der Waals surface area (Å²) in [5, 5.41) is 6.08. The highest BCUT2D eigenvalue weighted by molar-refractivity contribution is 5.93. The molecule has 22 heavy (non-hydrogen) atoms. The molecule has 8 nitrogen and oxygen atoms in total. The molecule has 0 saturated carbocycles. The summed E-state index contributed by atoms with van der Waals surface area (Å²) in [5.41, 5.74) is -1.34. The van der Waals surface area contributed by atoms with E-state index in [1.807, 2.05) is 0 Å². The molecule has 122 valence electrons. The Bertz CT molecular complexity index is 637. The van der Waals surface area contributed by atoms with E-state index in [2.05, 4.69) is 15.6 Å². The fourth-order valence-electron chi connectivity index (χ4n) is 2.73. The lowest BCUT2D eigenvalue weighted by atomic mass is 9.79. The van der Waals surface area contributed by atoms with Crippen LogP contribution in [0.4, 0.5) is 0 Å². The van der Waals surface area contributed by atoms with E-state index in [0.717, 1.165) is 36.7 Å². The SMILES string of the molecule is COCC1(CNC(=O)c2c[nH]c(=O)n(C)c2=O)CCNCC1. The van der Waals surface area contributed by atoms with Crippen molar-refractivity contribution in [3.8, 4) is 0 Å². The topological polar surface area (TPSA) is 105 Å². The highest BCUT2D eigenvalue weighted by Crippen LogP contribution is 2.28. The highest BCUT2D eigenvalue weighted by Gasteiger charge is 2.32. The van der Waals surface area contributed by atoms with Gasteiger partial charge in [-0.1, -0.05) is 0 Å². The number of hydrogen-bond donors (Lipinski definition) is 3. The van der Waals surface area contributed by atoms with Crippen LogP contribution in [-0.4, -0.2) is 48.8 Å². The van der Waals surface area contributed by atoms with Crippen LogP contribution < -0.4 is 21.9 Å². The van der Waals surface area contributed by atoms with Crippen LogP contribution in [0.15, 0.2) is 15.8 Å². The van der Waals surface area contributed by atoms with Crippen LogP contribution in [0.5, 0.6) is 0 Å². The zero-order valence-corrected chi connectivity index (χ0v) is 12.9. The molecule has 1 fully saturated rings. The normalized spacial score (nSPS) is 17.2. The lowest BCUT2D eigenvalue weighted by Crippen LogP contribution is -2.48. The van der Waals surface area contributed by atoms with Gasteiger partial charge in [0.1, 0.15) is 5.56 Å². The molecule has 1 aliphatic rings. The van der Waals surface area contributed by atoms with Crippen molar-refractivity contribution < 1.29 is 9.53 Å². The average molecular weight is 310 g/mol. The van der Waals surface area contributed by atoms with Crippen LogP contribution in [0.1, 0.15) is 23.2 Å². The Kier molecular flexibility index (Phi) is 5.15. The second-order valence-electron chi connectivity index (χ2n) is 5.74. The summed E-state index contributed by atoms with van der Waals surface area (Å²) in [7, 11) is 2.97. The Morgan fingerprint density at radius 2 is 2.09 bits per heavy atom. The molecular weight excluding hydrogens is 288 g/mol. The van der Waals surface area contributed by atoms with Gasteiger partial charge in [-0.25, -0.2) is 4.79 Å². The Morgan fingerprint density at radius 1 is 1.41 bits per heavy atom. The average Bonchev–Trinajstić information content (AvgIpc) is 2.52. The van der Waals surface area contributed by atoms with Crippen LogP contribution in [0.3, 0.4) is 0 Å². The number of aromatic amines is 1. The van der Waals surface area contributed by atoms with Gasteiger partial charge in [-0.2, -0.15) is 0 Å². The Morgan fingerprint density at radius 3 is 2.73 bits per heavy atom. The number of nitrogens with one attached hydrogen (secondary N) is 3. The minimum Gasteiger partial charge on any atom is -0.384 e. The second kappa shape index (κ2) is 6.89.